The maximum atomic E-state index is 11.2. The summed E-state index contributed by atoms with van der Waals surface area (Å²) in [5, 5.41) is 20.2. The second-order valence-corrected chi connectivity index (χ2v) is 4.98. The van der Waals surface area contributed by atoms with E-state index in [-0.39, 0.29) is 6.61 Å². The van der Waals surface area contributed by atoms with Gasteiger partial charge in [0.05, 0.1) is 0 Å². The van der Waals surface area contributed by atoms with Crippen LogP contribution in [0.1, 0.15) is 22.3 Å². The SMILES string of the molecule is OCC#CC1(O)c2ccccc2CCc2ccccc21. The van der Waals surface area contributed by atoms with Crippen molar-refractivity contribution in [3.8, 4) is 11.8 Å². The van der Waals surface area contributed by atoms with Crippen molar-refractivity contribution in [2.75, 3.05) is 6.61 Å². The van der Waals surface area contributed by atoms with Crippen LogP contribution in [0, 0.1) is 11.8 Å². The molecular weight excluding hydrogens is 248 g/mol. The summed E-state index contributed by atoms with van der Waals surface area (Å²) in [6, 6.07) is 15.7. The molecule has 2 nitrogen and oxygen atoms in total. The maximum Gasteiger partial charge on any atom is 0.177 e. The monoisotopic (exact) mass is 264 g/mol. The van der Waals surface area contributed by atoms with Crippen molar-refractivity contribution >= 4 is 0 Å². The van der Waals surface area contributed by atoms with E-state index in [0.29, 0.717) is 0 Å². The van der Waals surface area contributed by atoms with Crippen LogP contribution in [0.15, 0.2) is 48.5 Å². The standard InChI is InChI=1S/C18H16O2/c19-13-5-12-18(20)16-8-3-1-6-14(16)10-11-15-7-2-4-9-17(15)18/h1-4,6-9,19-20H,10-11,13H2. The summed E-state index contributed by atoms with van der Waals surface area (Å²) in [5.74, 6) is 5.48. The minimum atomic E-state index is -1.34. The van der Waals surface area contributed by atoms with Gasteiger partial charge in [-0.2, -0.15) is 0 Å². The molecule has 0 unspecified atom stereocenters. The van der Waals surface area contributed by atoms with Gasteiger partial charge in [0.25, 0.3) is 0 Å². The van der Waals surface area contributed by atoms with Gasteiger partial charge in [-0.05, 0) is 24.0 Å². The van der Waals surface area contributed by atoms with Crippen molar-refractivity contribution in [2.45, 2.75) is 18.4 Å². The smallest absolute Gasteiger partial charge is 0.177 e. The molecule has 0 atom stereocenters. The van der Waals surface area contributed by atoms with E-state index in [1.165, 1.54) is 0 Å². The number of aliphatic hydroxyl groups excluding tert-OH is 1. The number of aryl methyl sites for hydroxylation is 2. The average molecular weight is 264 g/mol. The molecule has 0 saturated heterocycles. The fourth-order valence-electron chi connectivity index (χ4n) is 2.90. The van der Waals surface area contributed by atoms with Crippen molar-refractivity contribution in [1.29, 1.82) is 0 Å². The summed E-state index contributed by atoms with van der Waals surface area (Å²) in [7, 11) is 0. The van der Waals surface area contributed by atoms with E-state index in [0.717, 1.165) is 35.1 Å². The van der Waals surface area contributed by atoms with Gasteiger partial charge in [0, 0.05) is 11.1 Å². The quantitative estimate of drug-likeness (QED) is 0.715. The van der Waals surface area contributed by atoms with Gasteiger partial charge in [0.15, 0.2) is 5.60 Å². The molecule has 3 rings (SSSR count). The number of rotatable bonds is 0. The first-order chi connectivity index (χ1) is 9.75. The Hall–Kier alpha value is -2.08. The van der Waals surface area contributed by atoms with Crippen LogP contribution in [0.3, 0.4) is 0 Å². The third-order valence-electron chi connectivity index (χ3n) is 3.83. The molecule has 0 heterocycles. The van der Waals surface area contributed by atoms with Crippen LogP contribution in [0.4, 0.5) is 0 Å². The van der Waals surface area contributed by atoms with E-state index in [1.807, 2.05) is 48.5 Å². The molecule has 100 valence electrons. The first kappa shape index (κ1) is 12.9. The van der Waals surface area contributed by atoms with Gasteiger partial charge in [0.2, 0.25) is 0 Å². The molecule has 0 bridgehead atoms. The van der Waals surface area contributed by atoms with Crippen LogP contribution >= 0.6 is 0 Å². The van der Waals surface area contributed by atoms with Gasteiger partial charge in [-0.3, -0.25) is 0 Å². The number of benzene rings is 2. The van der Waals surface area contributed by atoms with E-state index < -0.39 is 5.60 Å². The third-order valence-corrected chi connectivity index (χ3v) is 3.83. The summed E-state index contributed by atoms with van der Waals surface area (Å²) in [4.78, 5) is 0. The summed E-state index contributed by atoms with van der Waals surface area (Å²) in [6.07, 6.45) is 1.77. The van der Waals surface area contributed by atoms with E-state index in [4.69, 9.17) is 5.11 Å². The fourth-order valence-corrected chi connectivity index (χ4v) is 2.90. The molecule has 0 fully saturated rings. The second kappa shape index (κ2) is 5.13. The Morgan fingerprint density at radius 1 is 0.900 bits per heavy atom. The Kier molecular flexibility index (Phi) is 3.31. The predicted octanol–water partition coefficient (Wildman–Crippen LogP) is 2.02. The second-order valence-electron chi connectivity index (χ2n) is 4.98. The number of hydrogen-bond donors (Lipinski definition) is 2. The topological polar surface area (TPSA) is 40.5 Å². The number of hydrogen-bond acceptors (Lipinski definition) is 2. The summed E-state index contributed by atoms with van der Waals surface area (Å²) >= 11 is 0. The molecule has 0 saturated carbocycles. The summed E-state index contributed by atoms with van der Waals surface area (Å²) in [5.41, 5.74) is 2.53. The molecule has 0 amide bonds. The number of aliphatic hydroxyl groups is 2. The van der Waals surface area contributed by atoms with Crippen molar-refractivity contribution < 1.29 is 10.2 Å². The van der Waals surface area contributed by atoms with Gasteiger partial charge < -0.3 is 10.2 Å². The first-order valence-corrected chi connectivity index (χ1v) is 6.76. The molecule has 0 spiro atoms. The lowest BCUT2D eigenvalue weighted by Gasteiger charge is -2.25. The zero-order valence-corrected chi connectivity index (χ0v) is 11.1. The van der Waals surface area contributed by atoms with E-state index >= 15 is 0 Å². The van der Waals surface area contributed by atoms with Crippen LogP contribution in [-0.4, -0.2) is 16.8 Å². The molecular formula is C18H16O2. The molecule has 1 aliphatic carbocycles. The normalized spacial score (nSPS) is 15.3. The zero-order valence-electron chi connectivity index (χ0n) is 11.1. The summed E-state index contributed by atoms with van der Waals surface area (Å²) in [6.45, 7) is -0.257. The summed E-state index contributed by atoms with van der Waals surface area (Å²) < 4.78 is 0. The number of fused-ring (bicyclic) bond motifs is 2. The van der Waals surface area contributed by atoms with E-state index in [1.54, 1.807) is 0 Å². The van der Waals surface area contributed by atoms with Crippen molar-refractivity contribution in [1.82, 2.24) is 0 Å². The fraction of sp³-hybridized carbons (Fsp3) is 0.222. The van der Waals surface area contributed by atoms with Crippen LogP contribution < -0.4 is 0 Å². The van der Waals surface area contributed by atoms with Gasteiger partial charge in [-0.15, -0.1) is 0 Å². The highest BCUT2D eigenvalue weighted by Crippen LogP contribution is 2.37. The molecule has 2 aromatic carbocycles. The van der Waals surface area contributed by atoms with Gasteiger partial charge in [-0.25, -0.2) is 0 Å². The van der Waals surface area contributed by atoms with E-state index in [9.17, 15) is 5.11 Å². The van der Waals surface area contributed by atoms with Crippen LogP contribution in [0.5, 0.6) is 0 Å². The van der Waals surface area contributed by atoms with Gasteiger partial charge in [0.1, 0.15) is 6.61 Å². The zero-order chi connectivity index (χ0) is 14.0. The van der Waals surface area contributed by atoms with Crippen molar-refractivity contribution in [2.24, 2.45) is 0 Å². The van der Waals surface area contributed by atoms with Crippen LogP contribution in [0.25, 0.3) is 0 Å². The minimum Gasteiger partial charge on any atom is -0.384 e. The van der Waals surface area contributed by atoms with Gasteiger partial charge in [-0.1, -0.05) is 60.4 Å². The largest absolute Gasteiger partial charge is 0.384 e. The Morgan fingerprint density at radius 3 is 1.90 bits per heavy atom. The van der Waals surface area contributed by atoms with Gasteiger partial charge >= 0.3 is 0 Å². The predicted molar refractivity (Wildman–Crippen MR) is 78.2 cm³/mol. The average Bonchev–Trinajstić information content (AvgIpc) is 2.62. The Morgan fingerprint density at radius 2 is 1.40 bits per heavy atom. The highest BCUT2D eigenvalue weighted by atomic mass is 16.3. The lowest BCUT2D eigenvalue weighted by Crippen LogP contribution is -2.26. The maximum absolute atomic E-state index is 11.2. The molecule has 1 aliphatic rings. The Bertz CT molecular complexity index is 644. The van der Waals surface area contributed by atoms with Crippen molar-refractivity contribution in [3.63, 3.8) is 0 Å². The molecule has 0 aliphatic heterocycles. The molecule has 2 aromatic rings. The van der Waals surface area contributed by atoms with Crippen LogP contribution in [-0.2, 0) is 18.4 Å². The lowest BCUT2D eigenvalue weighted by molar-refractivity contribution is 0.144. The first-order valence-electron chi connectivity index (χ1n) is 6.76. The highest BCUT2D eigenvalue weighted by Gasteiger charge is 2.35. The molecule has 0 aromatic heterocycles. The molecule has 2 heteroatoms. The molecule has 0 radical (unpaired) electrons. The third kappa shape index (κ3) is 2.02. The molecule has 2 N–H and O–H groups in total. The lowest BCUT2D eigenvalue weighted by atomic mass is 9.84. The molecule has 20 heavy (non-hydrogen) atoms. The van der Waals surface area contributed by atoms with E-state index in [2.05, 4.69) is 11.8 Å². The highest BCUT2D eigenvalue weighted by molar-refractivity contribution is 5.52. The van der Waals surface area contributed by atoms with Crippen LogP contribution in [0.2, 0.25) is 0 Å². The van der Waals surface area contributed by atoms with Crippen molar-refractivity contribution in [3.05, 3.63) is 70.8 Å². The Balaban J connectivity index is 2.30. The minimum absolute atomic E-state index is 0.257. The Labute approximate surface area is 118 Å².